The number of carbonyl (C=O) groups excluding carboxylic acids is 1. The number of pyridine rings is 1. The zero-order valence-corrected chi connectivity index (χ0v) is 7.86. The van der Waals surface area contributed by atoms with Crippen LogP contribution in [0.2, 0.25) is 0 Å². The molecule has 70 valence electrons. The van der Waals surface area contributed by atoms with E-state index >= 15 is 0 Å². The summed E-state index contributed by atoms with van der Waals surface area (Å²) in [5.74, 6) is 0.668. The molecule has 0 fully saturated rings. The SMILES string of the molecule is O=C(Cl)c1ccc(-c2ccccn2)o1. The molecule has 2 aromatic heterocycles. The summed E-state index contributed by atoms with van der Waals surface area (Å²) in [6.45, 7) is 0. The Morgan fingerprint density at radius 3 is 2.71 bits per heavy atom. The molecule has 0 aromatic carbocycles. The molecule has 3 nitrogen and oxygen atoms in total. The molecule has 0 aliphatic rings. The van der Waals surface area contributed by atoms with Crippen LogP contribution in [-0.4, -0.2) is 10.2 Å². The van der Waals surface area contributed by atoms with Crippen molar-refractivity contribution in [2.45, 2.75) is 0 Å². The molecule has 0 aliphatic heterocycles. The number of aromatic nitrogens is 1. The third-order valence-electron chi connectivity index (χ3n) is 1.72. The van der Waals surface area contributed by atoms with Crippen LogP contribution in [-0.2, 0) is 0 Å². The van der Waals surface area contributed by atoms with Gasteiger partial charge < -0.3 is 4.42 Å². The van der Waals surface area contributed by atoms with Crippen LogP contribution in [0.4, 0.5) is 0 Å². The van der Waals surface area contributed by atoms with Gasteiger partial charge in [0.1, 0.15) is 5.69 Å². The molecule has 0 spiro atoms. The van der Waals surface area contributed by atoms with Crippen molar-refractivity contribution in [2.75, 3.05) is 0 Å². The Balaban J connectivity index is 2.39. The lowest BCUT2D eigenvalue weighted by atomic mass is 10.3. The molecule has 0 atom stereocenters. The normalized spacial score (nSPS) is 10.1. The smallest absolute Gasteiger partial charge is 0.287 e. The van der Waals surface area contributed by atoms with Crippen molar-refractivity contribution in [2.24, 2.45) is 0 Å². The third-order valence-corrected chi connectivity index (χ3v) is 1.90. The monoisotopic (exact) mass is 207 g/mol. The molecule has 0 unspecified atom stereocenters. The number of hydrogen-bond donors (Lipinski definition) is 0. The summed E-state index contributed by atoms with van der Waals surface area (Å²) in [5, 5.41) is -0.604. The zero-order chi connectivity index (χ0) is 9.97. The van der Waals surface area contributed by atoms with Crippen molar-refractivity contribution in [1.82, 2.24) is 4.98 Å². The Labute approximate surface area is 85.3 Å². The van der Waals surface area contributed by atoms with Crippen LogP contribution in [0.25, 0.3) is 11.5 Å². The van der Waals surface area contributed by atoms with Crippen LogP contribution in [0, 0.1) is 0 Å². The first-order valence-corrected chi connectivity index (χ1v) is 4.36. The summed E-state index contributed by atoms with van der Waals surface area (Å²) in [4.78, 5) is 14.8. The van der Waals surface area contributed by atoms with E-state index in [1.807, 2.05) is 6.07 Å². The topological polar surface area (TPSA) is 43.1 Å². The molecule has 2 heterocycles. The van der Waals surface area contributed by atoms with Crippen molar-refractivity contribution >= 4 is 16.8 Å². The van der Waals surface area contributed by atoms with Crippen LogP contribution >= 0.6 is 11.6 Å². The summed E-state index contributed by atoms with van der Waals surface area (Å²) in [5.41, 5.74) is 0.677. The van der Waals surface area contributed by atoms with Gasteiger partial charge in [-0.2, -0.15) is 0 Å². The van der Waals surface area contributed by atoms with E-state index in [1.165, 1.54) is 6.07 Å². The van der Waals surface area contributed by atoms with E-state index in [0.29, 0.717) is 11.5 Å². The standard InChI is InChI=1S/C10H6ClNO2/c11-10(13)9-5-4-8(14-9)7-3-1-2-6-12-7/h1-6H. The fraction of sp³-hybridized carbons (Fsp3) is 0. The highest BCUT2D eigenvalue weighted by molar-refractivity contribution is 6.67. The maximum Gasteiger partial charge on any atom is 0.287 e. The minimum Gasteiger partial charge on any atom is -0.450 e. The summed E-state index contributed by atoms with van der Waals surface area (Å²) in [6, 6.07) is 8.63. The van der Waals surface area contributed by atoms with Gasteiger partial charge in [0.25, 0.3) is 5.24 Å². The minimum absolute atomic E-state index is 0.132. The van der Waals surface area contributed by atoms with Crippen LogP contribution in [0.3, 0.4) is 0 Å². The lowest BCUT2D eigenvalue weighted by Crippen LogP contribution is -1.82. The van der Waals surface area contributed by atoms with E-state index in [2.05, 4.69) is 4.98 Å². The molecule has 2 rings (SSSR count). The number of hydrogen-bond acceptors (Lipinski definition) is 3. The fourth-order valence-electron chi connectivity index (χ4n) is 1.09. The number of carbonyl (C=O) groups is 1. The Hall–Kier alpha value is -1.61. The van der Waals surface area contributed by atoms with Crippen molar-refractivity contribution in [3.8, 4) is 11.5 Å². The maximum atomic E-state index is 10.7. The molecule has 0 aliphatic carbocycles. The van der Waals surface area contributed by atoms with Gasteiger partial charge in [0.15, 0.2) is 11.5 Å². The van der Waals surface area contributed by atoms with Crippen LogP contribution < -0.4 is 0 Å². The lowest BCUT2D eigenvalue weighted by molar-refractivity contribution is 0.105. The quantitative estimate of drug-likeness (QED) is 0.712. The number of halogens is 1. The molecule has 0 radical (unpaired) electrons. The third kappa shape index (κ3) is 1.67. The molecular formula is C10H6ClNO2. The average Bonchev–Trinajstić information content (AvgIpc) is 2.68. The molecule has 14 heavy (non-hydrogen) atoms. The van der Waals surface area contributed by atoms with Gasteiger partial charge >= 0.3 is 0 Å². The molecule has 0 saturated heterocycles. The Bertz CT molecular complexity index is 450. The maximum absolute atomic E-state index is 10.7. The zero-order valence-electron chi connectivity index (χ0n) is 7.11. The Morgan fingerprint density at radius 2 is 2.14 bits per heavy atom. The highest BCUT2D eigenvalue weighted by Crippen LogP contribution is 2.20. The van der Waals surface area contributed by atoms with E-state index < -0.39 is 5.24 Å². The molecule has 2 aromatic rings. The molecule has 4 heteroatoms. The second-order valence-corrected chi connectivity index (χ2v) is 3.00. The van der Waals surface area contributed by atoms with Gasteiger partial charge in [-0.15, -0.1) is 0 Å². The second-order valence-electron chi connectivity index (χ2n) is 2.65. The van der Waals surface area contributed by atoms with Gasteiger partial charge in [-0.05, 0) is 35.9 Å². The number of nitrogens with zero attached hydrogens (tertiary/aromatic N) is 1. The summed E-state index contributed by atoms with van der Waals surface area (Å²) < 4.78 is 5.19. The van der Waals surface area contributed by atoms with E-state index in [9.17, 15) is 4.79 Å². The molecule has 0 amide bonds. The first kappa shape index (κ1) is 8.97. The van der Waals surface area contributed by atoms with Gasteiger partial charge in [0.2, 0.25) is 0 Å². The van der Waals surface area contributed by atoms with Gasteiger partial charge in [0, 0.05) is 6.20 Å². The van der Waals surface area contributed by atoms with Gasteiger partial charge in [-0.1, -0.05) is 6.07 Å². The minimum atomic E-state index is -0.604. The van der Waals surface area contributed by atoms with Crippen LogP contribution in [0.5, 0.6) is 0 Å². The largest absolute Gasteiger partial charge is 0.450 e. The summed E-state index contributed by atoms with van der Waals surface area (Å²) in [7, 11) is 0. The highest BCUT2D eigenvalue weighted by Gasteiger charge is 2.09. The Morgan fingerprint density at radius 1 is 1.29 bits per heavy atom. The summed E-state index contributed by atoms with van der Waals surface area (Å²) >= 11 is 5.25. The highest BCUT2D eigenvalue weighted by atomic mass is 35.5. The van der Waals surface area contributed by atoms with Crippen molar-refractivity contribution in [3.05, 3.63) is 42.3 Å². The summed E-state index contributed by atoms with van der Waals surface area (Å²) in [6.07, 6.45) is 1.65. The predicted molar refractivity (Wildman–Crippen MR) is 52.1 cm³/mol. The van der Waals surface area contributed by atoms with Crippen molar-refractivity contribution in [1.29, 1.82) is 0 Å². The lowest BCUT2D eigenvalue weighted by Gasteiger charge is -1.93. The van der Waals surface area contributed by atoms with Gasteiger partial charge in [-0.3, -0.25) is 9.78 Å². The van der Waals surface area contributed by atoms with Gasteiger partial charge in [0.05, 0.1) is 0 Å². The first-order valence-electron chi connectivity index (χ1n) is 3.98. The van der Waals surface area contributed by atoms with Crippen LogP contribution in [0.15, 0.2) is 40.9 Å². The molecular weight excluding hydrogens is 202 g/mol. The van der Waals surface area contributed by atoms with Crippen LogP contribution in [0.1, 0.15) is 10.6 Å². The van der Waals surface area contributed by atoms with Crippen molar-refractivity contribution < 1.29 is 9.21 Å². The van der Waals surface area contributed by atoms with Crippen molar-refractivity contribution in [3.63, 3.8) is 0 Å². The van der Waals surface area contributed by atoms with E-state index in [4.69, 9.17) is 16.0 Å². The number of rotatable bonds is 2. The predicted octanol–water partition coefficient (Wildman–Crippen LogP) is 2.72. The average molecular weight is 208 g/mol. The molecule has 0 bridgehead atoms. The van der Waals surface area contributed by atoms with E-state index in [0.717, 1.165) is 0 Å². The number of furan rings is 1. The van der Waals surface area contributed by atoms with E-state index in [-0.39, 0.29) is 5.76 Å². The molecule has 0 saturated carbocycles. The van der Waals surface area contributed by atoms with Gasteiger partial charge in [-0.25, -0.2) is 0 Å². The first-order chi connectivity index (χ1) is 6.77. The van der Waals surface area contributed by atoms with E-state index in [1.54, 1.807) is 24.4 Å². The fourth-order valence-corrected chi connectivity index (χ4v) is 1.19. The molecule has 0 N–H and O–H groups in total. The second kappa shape index (κ2) is 3.64. The Kier molecular flexibility index (Phi) is 2.33.